The predicted molar refractivity (Wildman–Crippen MR) is 63.9 cm³/mol. The zero-order chi connectivity index (χ0) is 13.2. The van der Waals surface area contributed by atoms with Crippen molar-refractivity contribution in [3.05, 3.63) is 23.5 Å². The molecule has 0 amide bonds. The standard InChI is InChI=1S/C13H19FO3/c1-13(2,3)12(15)8-6-10(16-4)11(17-5)7-9(8)14/h6-7,12,15H,1-5H3. The lowest BCUT2D eigenvalue weighted by molar-refractivity contribution is 0.0591. The van der Waals surface area contributed by atoms with Crippen molar-refractivity contribution < 1.29 is 19.0 Å². The lowest BCUT2D eigenvalue weighted by atomic mass is 9.84. The highest BCUT2D eigenvalue weighted by molar-refractivity contribution is 5.44. The van der Waals surface area contributed by atoms with Gasteiger partial charge in [0.15, 0.2) is 11.5 Å². The second-order valence-corrected chi connectivity index (χ2v) is 5.00. The number of methoxy groups -OCH3 is 2. The fourth-order valence-corrected chi connectivity index (χ4v) is 1.55. The predicted octanol–water partition coefficient (Wildman–Crippen LogP) is 2.92. The van der Waals surface area contributed by atoms with Gasteiger partial charge in [-0.15, -0.1) is 0 Å². The van der Waals surface area contributed by atoms with E-state index in [0.29, 0.717) is 11.5 Å². The van der Waals surface area contributed by atoms with E-state index in [-0.39, 0.29) is 5.56 Å². The summed E-state index contributed by atoms with van der Waals surface area (Å²) in [5, 5.41) is 10.1. The van der Waals surface area contributed by atoms with E-state index in [4.69, 9.17) is 9.47 Å². The van der Waals surface area contributed by atoms with E-state index >= 15 is 0 Å². The molecule has 3 nitrogen and oxygen atoms in total. The summed E-state index contributed by atoms with van der Waals surface area (Å²) in [5.74, 6) is 0.229. The summed E-state index contributed by atoms with van der Waals surface area (Å²) in [6.07, 6.45) is -0.901. The average Bonchev–Trinajstić information content (AvgIpc) is 2.26. The molecule has 1 aromatic rings. The van der Waals surface area contributed by atoms with E-state index in [1.165, 1.54) is 26.4 Å². The SMILES string of the molecule is COc1cc(F)c(C(O)C(C)(C)C)cc1OC. The molecule has 17 heavy (non-hydrogen) atoms. The van der Waals surface area contributed by atoms with Crippen LogP contribution in [0.4, 0.5) is 4.39 Å². The molecule has 1 atom stereocenters. The van der Waals surface area contributed by atoms with Crippen LogP contribution in [0.25, 0.3) is 0 Å². The molecule has 0 saturated heterocycles. The highest BCUT2D eigenvalue weighted by Gasteiger charge is 2.27. The Kier molecular flexibility index (Phi) is 3.98. The van der Waals surface area contributed by atoms with Crippen molar-refractivity contribution >= 4 is 0 Å². The third-order valence-electron chi connectivity index (χ3n) is 2.62. The smallest absolute Gasteiger partial charge is 0.163 e. The molecule has 0 heterocycles. The Labute approximate surface area is 101 Å². The minimum absolute atomic E-state index is 0.218. The Bertz CT molecular complexity index is 396. The lowest BCUT2D eigenvalue weighted by Gasteiger charge is -2.27. The Morgan fingerprint density at radius 2 is 1.59 bits per heavy atom. The summed E-state index contributed by atoms with van der Waals surface area (Å²) < 4.78 is 23.9. The Morgan fingerprint density at radius 1 is 1.12 bits per heavy atom. The van der Waals surface area contributed by atoms with E-state index < -0.39 is 17.3 Å². The molecule has 4 heteroatoms. The average molecular weight is 242 g/mol. The summed E-state index contributed by atoms with van der Waals surface area (Å²) in [7, 11) is 2.92. The van der Waals surface area contributed by atoms with Crippen LogP contribution in [0, 0.1) is 11.2 Å². The van der Waals surface area contributed by atoms with Gasteiger partial charge < -0.3 is 14.6 Å². The van der Waals surface area contributed by atoms with Crippen LogP contribution in [0.5, 0.6) is 11.5 Å². The number of hydrogen-bond donors (Lipinski definition) is 1. The zero-order valence-corrected chi connectivity index (χ0v) is 10.9. The van der Waals surface area contributed by atoms with E-state index in [1.807, 2.05) is 20.8 Å². The summed E-state index contributed by atoms with van der Waals surface area (Å²) in [6.45, 7) is 5.52. The summed E-state index contributed by atoms with van der Waals surface area (Å²) >= 11 is 0. The monoisotopic (exact) mass is 242 g/mol. The van der Waals surface area contributed by atoms with Crippen molar-refractivity contribution in [2.24, 2.45) is 5.41 Å². The van der Waals surface area contributed by atoms with Crippen LogP contribution in [0.2, 0.25) is 0 Å². The fourth-order valence-electron chi connectivity index (χ4n) is 1.55. The lowest BCUT2D eigenvalue weighted by Crippen LogP contribution is -2.19. The summed E-state index contributed by atoms with van der Waals surface area (Å²) in [5.41, 5.74) is -0.226. The van der Waals surface area contributed by atoms with Crippen LogP contribution >= 0.6 is 0 Å². The van der Waals surface area contributed by atoms with Gasteiger partial charge in [-0.1, -0.05) is 20.8 Å². The molecule has 0 radical (unpaired) electrons. The van der Waals surface area contributed by atoms with Gasteiger partial charge in [-0.25, -0.2) is 4.39 Å². The minimum Gasteiger partial charge on any atom is -0.493 e. The van der Waals surface area contributed by atoms with Gasteiger partial charge in [0.2, 0.25) is 0 Å². The first kappa shape index (κ1) is 13.8. The van der Waals surface area contributed by atoms with Crippen molar-refractivity contribution in [2.45, 2.75) is 26.9 Å². The third kappa shape index (κ3) is 2.88. The Hall–Kier alpha value is -1.29. The number of aliphatic hydroxyl groups is 1. The maximum absolute atomic E-state index is 13.8. The number of ether oxygens (including phenoxy) is 2. The molecule has 1 unspecified atom stereocenters. The molecule has 0 fully saturated rings. The molecule has 0 aliphatic heterocycles. The number of benzene rings is 1. The molecule has 0 spiro atoms. The van der Waals surface area contributed by atoms with Gasteiger partial charge in [-0.2, -0.15) is 0 Å². The topological polar surface area (TPSA) is 38.7 Å². The van der Waals surface area contributed by atoms with Gasteiger partial charge in [0.05, 0.1) is 20.3 Å². The van der Waals surface area contributed by atoms with Crippen LogP contribution in [0.3, 0.4) is 0 Å². The molecular weight excluding hydrogens is 223 g/mol. The van der Waals surface area contributed by atoms with Crippen molar-refractivity contribution in [1.82, 2.24) is 0 Å². The largest absolute Gasteiger partial charge is 0.493 e. The fraction of sp³-hybridized carbons (Fsp3) is 0.538. The maximum atomic E-state index is 13.8. The van der Waals surface area contributed by atoms with Crippen molar-refractivity contribution in [2.75, 3.05) is 14.2 Å². The quantitative estimate of drug-likeness (QED) is 0.885. The normalized spacial score (nSPS) is 13.4. The molecule has 0 bridgehead atoms. The van der Waals surface area contributed by atoms with Crippen molar-refractivity contribution in [3.63, 3.8) is 0 Å². The van der Waals surface area contributed by atoms with Crippen LogP contribution in [0.15, 0.2) is 12.1 Å². The van der Waals surface area contributed by atoms with E-state index in [0.717, 1.165) is 0 Å². The molecule has 1 rings (SSSR count). The molecule has 0 saturated carbocycles. The van der Waals surface area contributed by atoms with Gasteiger partial charge in [-0.05, 0) is 11.5 Å². The number of rotatable bonds is 3. The molecule has 0 aromatic heterocycles. The van der Waals surface area contributed by atoms with Crippen LogP contribution < -0.4 is 9.47 Å². The minimum atomic E-state index is -0.901. The second-order valence-electron chi connectivity index (χ2n) is 5.00. The Balaban J connectivity index is 3.26. The van der Waals surface area contributed by atoms with E-state index in [1.54, 1.807) is 0 Å². The van der Waals surface area contributed by atoms with Gasteiger partial charge >= 0.3 is 0 Å². The summed E-state index contributed by atoms with van der Waals surface area (Å²) in [6, 6.07) is 2.70. The molecule has 0 aliphatic rings. The van der Waals surface area contributed by atoms with Crippen LogP contribution in [-0.2, 0) is 0 Å². The van der Waals surface area contributed by atoms with Crippen molar-refractivity contribution in [3.8, 4) is 11.5 Å². The van der Waals surface area contributed by atoms with Gasteiger partial charge in [0.25, 0.3) is 0 Å². The molecule has 1 N–H and O–H groups in total. The number of hydrogen-bond acceptors (Lipinski definition) is 3. The van der Waals surface area contributed by atoms with Crippen LogP contribution in [0.1, 0.15) is 32.4 Å². The first-order valence-corrected chi connectivity index (χ1v) is 5.40. The molecular formula is C13H19FO3. The number of aliphatic hydroxyl groups excluding tert-OH is 1. The maximum Gasteiger partial charge on any atom is 0.163 e. The zero-order valence-electron chi connectivity index (χ0n) is 10.9. The second kappa shape index (κ2) is 4.92. The van der Waals surface area contributed by atoms with E-state index in [2.05, 4.69) is 0 Å². The first-order chi connectivity index (χ1) is 7.81. The first-order valence-electron chi connectivity index (χ1n) is 5.40. The molecule has 96 valence electrons. The Morgan fingerprint density at radius 3 is 2.00 bits per heavy atom. The van der Waals surface area contributed by atoms with Gasteiger partial charge in [-0.3, -0.25) is 0 Å². The van der Waals surface area contributed by atoms with Crippen molar-refractivity contribution in [1.29, 1.82) is 0 Å². The number of halogens is 1. The summed E-state index contributed by atoms with van der Waals surface area (Å²) in [4.78, 5) is 0. The molecule has 0 aliphatic carbocycles. The van der Waals surface area contributed by atoms with Gasteiger partial charge in [0, 0.05) is 11.6 Å². The molecule has 1 aromatic carbocycles. The highest BCUT2D eigenvalue weighted by Crippen LogP contribution is 2.38. The van der Waals surface area contributed by atoms with E-state index in [9.17, 15) is 9.50 Å². The third-order valence-corrected chi connectivity index (χ3v) is 2.62. The van der Waals surface area contributed by atoms with Crippen LogP contribution in [-0.4, -0.2) is 19.3 Å². The van der Waals surface area contributed by atoms with Gasteiger partial charge in [0.1, 0.15) is 5.82 Å². The highest BCUT2D eigenvalue weighted by atomic mass is 19.1.